The van der Waals surface area contributed by atoms with Gasteiger partial charge in [0.1, 0.15) is 17.7 Å². The van der Waals surface area contributed by atoms with E-state index < -0.39 is 12.1 Å². The summed E-state index contributed by atoms with van der Waals surface area (Å²) in [6, 6.07) is 13.7. The van der Waals surface area contributed by atoms with Crippen molar-refractivity contribution in [2.24, 2.45) is 0 Å². The van der Waals surface area contributed by atoms with Crippen molar-refractivity contribution in [3.63, 3.8) is 0 Å². The fourth-order valence-electron chi connectivity index (χ4n) is 4.69. The van der Waals surface area contributed by atoms with Crippen LogP contribution in [-0.4, -0.2) is 45.8 Å². The lowest BCUT2D eigenvalue weighted by molar-refractivity contribution is -0.137. The molecule has 8 heteroatoms. The number of benzene rings is 2. The lowest BCUT2D eigenvalue weighted by Gasteiger charge is -2.27. The summed E-state index contributed by atoms with van der Waals surface area (Å²) in [4.78, 5) is 36.0. The summed E-state index contributed by atoms with van der Waals surface area (Å²) in [6.07, 6.45) is 8.01. The van der Waals surface area contributed by atoms with Gasteiger partial charge in [-0.2, -0.15) is 0 Å². The highest BCUT2D eigenvalue weighted by atomic mass is 19.1. The first-order valence-corrected chi connectivity index (χ1v) is 12.0. The van der Waals surface area contributed by atoms with Crippen molar-refractivity contribution in [2.45, 2.75) is 43.7 Å². The molecule has 35 heavy (non-hydrogen) atoms. The molecule has 0 radical (unpaired) electrons. The number of halogens is 1. The molecule has 180 valence electrons. The number of hydrogen-bond acceptors (Lipinski definition) is 5. The van der Waals surface area contributed by atoms with Crippen LogP contribution in [0.15, 0.2) is 67.1 Å². The fraction of sp³-hybridized carbons (Fsp3) is 0.333. The van der Waals surface area contributed by atoms with E-state index in [1.54, 1.807) is 23.5 Å². The number of aromatic nitrogens is 2. The second-order valence-corrected chi connectivity index (χ2v) is 9.10. The van der Waals surface area contributed by atoms with E-state index in [1.165, 1.54) is 6.07 Å². The standard InChI is InChI=1S/C27H28FN5O2/c28-22-15-20(10-11-21(22)18-8-9-18)26(19-5-2-1-3-6-19)32-27(35)23-7-4-14-33(23)25(34)17-31-24-16-29-12-13-30-24/h1-3,5-6,10-13,15-16,18,23,26H,4,7-9,14,17H2,(H,30,31)(H,32,35)/t23-,26-/m0/s1. The maximum atomic E-state index is 14.9. The molecule has 1 aliphatic heterocycles. The van der Waals surface area contributed by atoms with Crippen LogP contribution in [0, 0.1) is 5.82 Å². The molecular formula is C27H28FN5O2. The van der Waals surface area contributed by atoms with Crippen molar-refractivity contribution in [1.29, 1.82) is 0 Å². The minimum absolute atomic E-state index is 0.0262. The third-order valence-corrected chi connectivity index (χ3v) is 6.65. The van der Waals surface area contributed by atoms with E-state index in [1.807, 2.05) is 42.5 Å². The Morgan fingerprint density at radius 2 is 1.89 bits per heavy atom. The molecule has 7 nitrogen and oxygen atoms in total. The molecule has 0 spiro atoms. The molecule has 2 atom stereocenters. The fourth-order valence-corrected chi connectivity index (χ4v) is 4.69. The highest BCUT2D eigenvalue weighted by Gasteiger charge is 2.35. The average molecular weight is 474 g/mol. The number of anilines is 1. The number of carbonyl (C=O) groups excluding carboxylic acids is 2. The predicted molar refractivity (Wildman–Crippen MR) is 130 cm³/mol. The van der Waals surface area contributed by atoms with Gasteiger partial charge in [-0.15, -0.1) is 0 Å². The lowest BCUT2D eigenvalue weighted by Crippen LogP contribution is -2.48. The highest BCUT2D eigenvalue weighted by Crippen LogP contribution is 2.41. The van der Waals surface area contributed by atoms with Crippen LogP contribution < -0.4 is 10.6 Å². The second kappa shape index (κ2) is 10.2. The largest absolute Gasteiger partial charge is 0.360 e. The van der Waals surface area contributed by atoms with Crippen molar-refractivity contribution < 1.29 is 14.0 Å². The van der Waals surface area contributed by atoms with Crippen LogP contribution in [0.4, 0.5) is 10.2 Å². The number of carbonyl (C=O) groups is 2. The zero-order valence-electron chi connectivity index (χ0n) is 19.4. The Kier molecular flexibility index (Phi) is 6.70. The summed E-state index contributed by atoms with van der Waals surface area (Å²) in [5.74, 6) is 0.164. The van der Waals surface area contributed by atoms with E-state index in [2.05, 4.69) is 20.6 Å². The van der Waals surface area contributed by atoms with Gasteiger partial charge < -0.3 is 15.5 Å². The number of rotatable bonds is 8. The Hall–Kier alpha value is -3.81. The van der Waals surface area contributed by atoms with Gasteiger partial charge >= 0.3 is 0 Å². The summed E-state index contributed by atoms with van der Waals surface area (Å²) in [5.41, 5.74) is 2.29. The maximum absolute atomic E-state index is 14.9. The van der Waals surface area contributed by atoms with Gasteiger partial charge in [0.15, 0.2) is 0 Å². The van der Waals surface area contributed by atoms with Crippen molar-refractivity contribution in [3.05, 3.63) is 89.6 Å². The van der Waals surface area contributed by atoms with Gasteiger partial charge in [-0.05, 0) is 54.4 Å². The van der Waals surface area contributed by atoms with E-state index in [4.69, 9.17) is 0 Å². The SMILES string of the molecule is O=C(N[C@@H](c1ccccc1)c1ccc(C2CC2)c(F)c1)[C@@H]1CCCN1C(=O)CNc1cnccn1. The summed E-state index contributed by atoms with van der Waals surface area (Å²) in [7, 11) is 0. The number of nitrogens with zero attached hydrogens (tertiary/aromatic N) is 3. The van der Waals surface area contributed by atoms with Crippen LogP contribution in [0.3, 0.4) is 0 Å². The summed E-state index contributed by atoms with van der Waals surface area (Å²) >= 11 is 0. The van der Waals surface area contributed by atoms with Gasteiger partial charge in [-0.3, -0.25) is 14.6 Å². The minimum atomic E-state index is -0.576. The molecule has 1 aliphatic carbocycles. The van der Waals surface area contributed by atoms with Crippen molar-refractivity contribution in [1.82, 2.24) is 20.2 Å². The van der Waals surface area contributed by atoms with Gasteiger partial charge in [0.05, 0.1) is 18.8 Å². The molecule has 1 aromatic heterocycles. The number of hydrogen-bond donors (Lipinski definition) is 2. The summed E-state index contributed by atoms with van der Waals surface area (Å²) in [6.45, 7) is 0.540. The van der Waals surface area contributed by atoms with E-state index in [0.717, 1.165) is 30.4 Å². The average Bonchev–Trinajstić information content (AvgIpc) is 3.61. The number of amides is 2. The first-order valence-electron chi connectivity index (χ1n) is 12.0. The highest BCUT2D eigenvalue weighted by molar-refractivity contribution is 5.90. The number of likely N-dealkylation sites (tertiary alicyclic amines) is 1. The first-order chi connectivity index (χ1) is 17.1. The van der Waals surface area contributed by atoms with Crippen LogP contribution in [-0.2, 0) is 9.59 Å². The van der Waals surface area contributed by atoms with Crippen molar-refractivity contribution in [2.75, 3.05) is 18.4 Å². The molecule has 1 saturated heterocycles. The van der Waals surface area contributed by atoms with Gasteiger partial charge in [-0.1, -0.05) is 42.5 Å². The normalized spacial score (nSPS) is 18.2. The summed E-state index contributed by atoms with van der Waals surface area (Å²) in [5, 5.41) is 6.06. The molecule has 0 bridgehead atoms. The van der Waals surface area contributed by atoms with E-state index >= 15 is 0 Å². The van der Waals surface area contributed by atoms with Crippen LogP contribution >= 0.6 is 0 Å². The van der Waals surface area contributed by atoms with Crippen LogP contribution in [0.5, 0.6) is 0 Å². The van der Waals surface area contributed by atoms with Crippen LogP contribution in [0.2, 0.25) is 0 Å². The third kappa shape index (κ3) is 5.31. The van der Waals surface area contributed by atoms with E-state index in [0.29, 0.717) is 30.3 Å². The van der Waals surface area contributed by atoms with Gasteiger partial charge in [0.2, 0.25) is 11.8 Å². The Labute approximate surface area is 203 Å². The minimum Gasteiger partial charge on any atom is -0.360 e. The molecule has 2 heterocycles. The zero-order valence-corrected chi connectivity index (χ0v) is 19.4. The van der Waals surface area contributed by atoms with E-state index in [9.17, 15) is 14.0 Å². The van der Waals surface area contributed by atoms with Crippen molar-refractivity contribution >= 4 is 17.6 Å². The smallest absolute Gasteiger partial charge is 0.243 e. The predicted octanol–water partition coefficient (Wildman–Crippen LogP) is 3.80. The van der Waals surface area contributed by atoms with Gasteiger partial charge in [-0.25, -0.2) is 9.37 Å². The molecular weight excluding hydrogens is 445 g/mol. The Morgan fingerprint density at radius 3 is 2.60 bits per heavy atom. The Morgan fingerprint density at radius 1 is 1.06 bits per heavy atom. The maximum Gasteiger partial charge on any atom is 0.243 e. The van der Waals surface area contributed by atoms with Crippen LogP contribution in [0.25, 0.3) is 0 Å². The first kappa shape index (κ1) is 23.0. The quantitative estimate of drug-likeness (QED) is 0.520. The molecule has 1 saturated carbocycles. The Bertz CT molecular complexity index is 1190. The molecule has 2 aliphatic rings. The lowest BCUT2D eigenvalue weighted by atomic mass is 9.96. The Balaban J connectivity index is 1.32. The van der Waals surface area contributed by atoms with E-state index in [-0.39, 0.29) is 24.2 Å². The third-order valence-electron chi connectivity index (χ3n) is 6.65. The topological polar surface area (TPSA) is 87.2 Å². The molecule has 2 fully saturated rings. The molecule has 2 N–H and O–H groups in total. The monoisotopic (exact) mass is 473 g/mol. The molecule has 2 amide bonds. The molecule has 2 aromatic carbocycles. The van der Waals surface area contributed by atoms with Crippen LogP contribution in [0.1, 0.15) is 54.3 Å². The summed E-state index contributed by atoms with van der Waals surface area (Å²) < 4.78 is 14.9. The van der Waals surface area contributed by atoms with Crippen molar-refractivity contribution in [3.8, 4) is 0 Å². The van der Waals surface area contributed by atoms with Gasteiger partial charge in [0.25, 0.3) is 0 Å². The van der Waals surface area contributed by atoms with Gasteiger partial charge in [0, 0.05) is 18.9 Å². The molecule has 5 rings (SSSR count). The second-order valence-electron chi connectivity index (χ2n) is 9.10. The zero-order chi connectivity index (χ0) is 24.2. The molecule has 3 aromatic rings. The molecule has 0 unspecified atom stereocenters. The number of nitrogens with one attached hydrogen (secondary N) is 2.